The highest BCUT2D eigenvalue weighted by Crippen LogP contribution is 2.54. The fourth-order valence-electron chi connectivity index (χ4n) is 4.01. The molecule has 0 atom stereocenters. The van der Waals surface area contributed by atoms with Gasteiger partial charge < -0.3 is 0 Å². The summed E-state index contributed by atoms with van der Waals surface area (Å²) < 4.78 is 0. The van der Waals surface area contributed by atoms with Gasteiger partial charge in [0.25, 0.3) is 0 Å². The second-order valence-corrected chi connectivity index (χ2v) is 8.43. The third-order valence-electron chi connectivity index (χ3n) is 5.99. The molecule has 0 radical (unpaired) electrons. The van der Waals surface area contributed by atoms with Gasteiger partial charge in [0.2, 0.25) is 0 Å². The average Bonchev–Trinajstić information content (AvgIpc) is 2.54. The number of rotatable bonds is 1. The summed E-state index contributed by atoms with van der Waals surface area (Å²) in [4.78, 5) is 23.5. The molecule has 0 aliphatic heterocycles. The number of ketones is 2. The van der Waals surface area contributed by atoms with Gasteiger partial charge in [0.05, 0.1) is 6.42 Å². The zero-order valence-corrected chi connectivity index (χ0v) is 14.5. The molecule has 118 valence electrons. The largest absolute Gasteiger partial charge is 0.299 e. The predicted molar refractivity (Wildman–Crippen MR) is 88.6 cm³/mol. The molecule has 2 aliphatic rings. The van der Waals surface area contributed by atoms with Crippen LogP contribution in [0.15, 0.2) is 12.1 Å². The van der Waals surface area contributed by atoms with Crippen LogP contribution in [0.2, 0.25) is 5.02 Å². The van der Waals surface area contributed by atoms with Crippen molar-refractivity contribution in [3.8, 4) is 0 Å². The van der Waals surface area contributed by atoms with E-state index in [-0.39, 0.29) is 34.7 Å². The number of carbonyl (C=O) groups excluding carboxylic acids is 2. The fourth-order valence-corrected chi connectivity index (χ4v) is 4.59. The molecule has 0 amide bonds. The zero-order chi connectivity index (χ0) is 16.3. The first-order valence-corrected chi connectivity index (χ1v) is 8.36. The maximum absolute atomic E-state index is 11.8. The van der Waals surface area contributed by atoms with E-state index in [1.807, 2.05) is 6.07 Å². The molecule has 2 nitrogen and oxygen atoms in total. The van der Waals surface area contributed by atoms with Crippen molar-refractivity contribution in [2.24, 2.45) is 5.41 Å². The summed E-state index contributed by atoms with van der Waals surface area (Å²) in [6, 6.07) is 4.19. The van der Waals surface area contributed by atoms with E-state index in [9.17, 15) is 9.59 Å². The smallest absolute Gasteiger partial charge is 0.140 e. The van der Waals surface area contributed by atoms with Gasteiger partial charge >= 0.3 is 0 Å². The molecule has 0 aromatic heterocycles. The summed E-state index contributed by atoms with van der Waals surface area (Å²) in [5.41, 5.74) is 3.63. The Hall–Kier alpha value is -1.15. The van der Waals surface area contributed by atoms with Crippen LogP contribution in [-0.2, 0) is 21.4 Å². The van der Waals surface area contributed by atoms with Crippen molar-refractivity contribution in [1.29, 1.82) is 0 Å². The van der Waals surface area contributed by atoms with Crippen molar-refractivity contribution in [1.82, 2.24) is 0 Å². The molecule has 0 spiro atoms. The lowest BCUT2D eigenvalue weighted by Gasteiger charge is -2.36. The van der Waals surface area contributed by atoms with Gasteiger partial charge in [0.1, 0.15) is 11.6 Å². The Kier molecular flexibility index (Phi) is 3.52. The fraction of sp³-hybridized carbons (Fsp3) is 0.579. The van der Waals surface area contributed by atoms with E-state index in [4.69, 9.17) is 11.6 Å². The lowest BCUT2D eigenvalue weighted by Crippen LogP contribution is -2.32. The molecule has 0 heterocycles. The first-order valence-electron chi connectivity index (χ1n) is 7.98. The summed E-state index contributed by atoms with van der Waals surface area (Å²) >= 11 is 6.77. The van der Waals surface area contributed by atoms with Crippen molar-refractivity contribution in [3.05, 3.63) is 33.8 Å². The topological polar surface area (TPSA) is 34.1 Å². The number of hydrogen-bond acceptors (Lipinski definition) is 2. The lowest BCUT2D eigenvalue weighted by molar-refractivity contribution is -0.130. The lowest BCUT2D eigenvalue weighted by atomic mass is 9.68. The van der Waals surface area contributed by atoms with Crippen LogP contribution in [0.4, 0.5) is 0 Å². The van der Waals surface area contributed by atoms with E-state index in [2.05, 4.69) is 33.8 Å². The minimum Gasteiger partial charge on any atom is -0.299 e. The molecule has 1 fully saturated rings. The number of carbonyl (C=O) groups is 2. The molecule has 0 bridgehead atoms. The van der Waals surface area contributed by atoms with Gasteiger partial charge in [-0.25, -0.2) is 0 Å². The predicted octanol–water partition coefficient (Wildman–Crippen LogP) is 4.61. The van der Waals surface area contributed by atoms with Gasteiger partial charge in [-0.3, -0.25) is 9.59 Å². The van der Waals surface area contributed by atoms with E-state index in [1.54, 1.807) is 0 Å². The van der Waals surface area contributed by atoms with Gasteiger partial charge in [-0.2, -0.15) is 0 Å². The first-order chi connectivity index (χ1) is 10.1. The summed E-state index contributed by atoms with van der Waals surface area (Å²) in [6.45, 7) is 9.03. The first kappa shape index (κ1) is 15.7. The molecule has 3 rings (SSSR count). The van der Waals surface area contributed by atoms with Gasteiger partial charge in [-0.1, -0.05) is 51.4 Å². The van der Waals surface area contributed by atoms with E-state index in [0.29, 0.717) is 12.8 Å². The number of halogens is 1. The third kappa shape index (κ3) is 2.23. The quantitative estimate of drug-likeness (QED) is 0.709. The SMILES string of the molecule is CC1(C)Cc2ccc(C3CC(=O)CC(=O)C3)c(Cl)c2C1(C)C. The summed E-state index contributed by atoms with van der Waals surface area (Å²) in [6.07, 6.45) is 1.98. The monoisotopic (exact) mass is 318 g/mol. The molecule has 1 aromatic carbocycles. The summed E-state index contributed by atoms with van der Waals surface area (Å²) in [5, 5.41) is 0.778. The molecule has 22 heavy (non-hydrogen) atoms. The molecule has 1 saturated carbocycles. The van der Waals surface area contributed by atoms with Gasteiger partial charge in [-0.05, 0) is 39.9 Å². The normalized spacial score (nSPS) is 23.7. The summed E-state index contributed by atoms with van der Waals surface area (Å²) in [5.74, 6) is 0.0286. The summed E-state index contributed by atoms with van der Waals surface area (Å²) in [7, 11) is 0. The zero-order valence-electron chi connectivity index (χ0n) is 13.8. The van der Waals surface area contributed by atoms with Crippen molar-refractivity contribution < 1.29 is 9.59 Å². The van der Waals surface area contributed by atoms with Gasteiger partial charge in [0.15, 0.2) is 0 Å². The van der Waals surface area contributed by atoms with E-state index in [0.717, 1.165) is 17.0 Å². The van der Waals surface area contributed by atoms with Crippen molar-refractivity contribution in [2.45, 2.75) is 64.7 Å². The second-order valence-electron chi connectivity index (χ2n) is 8.05. The van der Waals surface area contributed by atoms with Crippen molar-refractivity contribution >= 4 is 23.2 Å². The van der Waals surface area contributed by atoms with Crippen LogP contribution in [0.1, 0.15) is 69.6 Å². The van der Waals surface area contributed by atoms with Crippen molar-refractivity contribution in [3.63, 3.8) is 0 Å². The highest BCUT2D eigenvalue weighted by Gasteiger charge is 2.47. The van der Waals surface area contributed by atoms with E-state index in [1.165, 1.54) is 11.1 Å². The maximum Gasteiger partial charge on any atom is 0.140 e. The maximum atomic E-state index is 11.8. The Morgan fingerprint density at radius 3 is 2.23 bits per heavy atom. The molecule has 3 heteroatoms. The average molecular weight is 319 g/mol. The van der Waals surface area contributed by atoms with Crippen molar-refractivity contribution in [2.75, 3.05) is 0 Å². The Balaban J connectivity index is 2.08. The van der Waals surface area contributed by atoms with E-state index >= 15 is 0 Å². The van der Waals surface area contributed by atoms with Crippen LogP contribution >= 0.6 is 11.6 Å². The molecular formula is C19H23ClO2. The van der Waals surface area contributed by atoms with Crippen LogP contribution in [0.3, 0.4) is 0 Å². The standard InChI is InChI=1S/C19H23ClO2/c1-18(2)10-11-5-6-15(17(20)16(11)19(18,3)4)12-7-13(21)9-14(22)8-12/h5-6,12H,7-10H2,1-4H3. The molecule has 2 aliphatic carbocycles. The molecule has 0 unspecified atom stereocenters. The number of hydrogen-bond donors (Lipinski definition) is 0. The molecule has 1 aromatic rings. The number of fused-ring (bicyclic) bond motifs is 1. The molecule has 0 saturated heterocycles. The minimum atomic E-state index is -0.0499. The van der Waals surface area contributed by atoms with E-state index < -0.39 is 0 Å². The third-order valence-corrected chi connectivity index (χ3v) is 6.40. The minimum absolute atomic E-state index is 0.0158. The molecule has 0 N–H and O–H groups in total. The Bertz CT molecular complexity index is 654. The van der Waals surface area contributed by atoms with Crippen LogP contribution in [0, 0.1) is 5.41 Å². The van der Waals surface area contributed by atoms with Crippen LogP contribution in [0.25, 0.3) is 0 Å². The number of Topliss-reactive ketones (excluding diaryl/α,β-unsaturated/α-hetero) is 2. The van der Waals surface area contributed by atoms with Crippen LogP contribution < -0.4 is 0 Å². The Labute approximate surface area is 137 Å². The highest BCUT2D eigenvalue weighted by atomic mass is 35.5. The second kappa shape index (κ2) is 4.92. The Morgan fingerprint density at radius 1 is 1.05 bits per heavy atom. The van der Waals surface area contributed by atoms with Gasteiger partial charge in [-0.15, -0.1) is 0 Å². The Morgan fingerprint density at radius 2 is 1.64 bits per heavy atom. The highest BCUT2D eigenvalue weighted by molar-refractivity contribution is 6.32. The molecular weight excluding hydrogens is 296 g/mol. The van der Waals surface area contributed by atoms with Crippen LogP contribution in [-0.4, -0.2) is 11.6 Å². The number of benzene rings is 1. The van der Waals surface area contributed by atoms with Gasteiger partial charge in [0, 0.05) is 17.9 Å². The van der Waals surface area contributed by atoms with Crippen LogP contribution in [0.5, 0.6) is 0 Å².